The molecule has 2 bridgehead atoms. The maximum Gasteiger partial charge on any atom is 0.251 e. The lowest BCUT2D eigenvalue weighted by atomic mass is 9.65. The number of aliphatic hydroxyl groups excluding tert-OH is 1. The highest BCUT2D eigenvalue weighted by molar-refractivity contribution is 8.02. The number of hydrogen-bond acceptors (Lipinski definition) is 5. The summed E-state index contributed by atoms with van der Waals surface area (Å²) in [5.41, 5.74) is 1.42. The fourth-order valence-corrected chi connectivity index (χ4v) is 9.79. The Bertz CT molecular complexity index is 1150. The molecule has 3 aliphatic rings. The monoisotopic (exact) mass is 573 g/mol. The van der Waals surface area contributed by atoms with Crippen LogP contribution < -0.4 is 4.90 Å². The first kappa shape index (κ1) is 29.7. The first-order chi connectivity index (χ1) is 18.5. The number of para-hydroxylation sites is 1. The zero-order valence-electron chi connectivity index (χ0n) is 23.5. The van der Waals surface area contributed by atoms with Gasteiger partial charge in [0.1, 0.15) is 6.04 Å². The zero-order chi connectivity index (χ0) is 28.8. The molecule has 3 unspecified atom stereocenters. The maximum atomic E-state index is 14.8. The summed E-state index contributed by atoms with van der Waals surface area (Å²) >= 11 is 8.28. The highest BCUT2D eigenvalue weighted by Crippen LogP contribution is 2.69. The van der Waals surface area contributed by atoms with Crippen LogP contribution in [-0.2, 0) is 14.4 Å². The van der Waals surface area contributed by atoms with Crippen molar-refractivity contribution >= 4 is 46.8 Å². The van der Waals surface area contributed by atoms with E-state index in [2.05, 4.69) is 20.1 Å². The lowest BCUT2D eigenvalue weighted by Gasteiger charge is -2.43. The van der Waals surface area contributed by atoms with Crippen molar-refractivity contribution in [2.24, 2.45) is 23.7 Å². The Labute approximate surface area is 241 Å². The quantitative estimate of drug-likeness (QED) is 0.425. The lowest BCUT2D eigenvalue weighted by molar-refractivity contribution is -0.145. The van der Waals surface area contributed by atoms with Crippen molar-refractivity contribution in [3.05, 3.63) is 54.1 Å². The Kier molecular flexibility index (Phi) is 8.60. The van der Waals surface area contributed by atoms with E-state index in [9.17, 15) is 19.5 Å². The number of halogens is 1. The largest absolute Gasteiger partial charge is 0.394 e. The van der Waals surface area contributed by atoms with E-state index in [1.54, 1.807) is 51.7 Å². The van der Waals surface area contributed by atoms with Crippen LogP contribution in [0.2, 0.25) is 5.02 Å². The van der Waals surface area contributed by atoms with Crippen LogP contribution >= 0.6 is 23.4 Å². The number of likely N-dealkylation sites (tertiary alicyclic amines) is 1. The number of anilines is 1. The minimum absolute atomic E-state index is 0.0126. The summed E-state index contributed by atoms with van der Waals surface area (Å²) in [5, 5.41) is 10.9. The molecule has 7 atom stereocenters. The molecule has 0 radical (unpaired) electrons. The highest BCUT2D eigenvalue weighted by Gasteiger charge is 2.77. The van der Waals surface area contributed by atoms with Gasteiger partial charge in [0.15, 0.2) is 0 Å². The molecule has 1 N–H and O–H groups in total. The summed E-state index contributed by atoms with van der Waals surface area (Å²) in [6.45, 7) is 15.8. The third-order valence-corrected chi connectivity index (χ3v) is 11.2. The van der Waals surface area contributed by atoms with Crippen molar-refractivity contribution in [2.75, 3.05) is 31.6 Å². The summed E-state index contributed by atoms with van der Waals surface area (Å²) in [7, 11) is 1.73. The van der Waals surface area contributed by atoms with Crippen LogP contribution in [0, 0.1) is 30.6 Å². The van der Waals surface area contributed by atoms with Crippen molar-refractivity contribution in [1.82, 2.24) is 9.80 Å². The number of carbonyl (C=O) groups is 3. The average Bonchev–Trinajstić information content (AvgIpc) is 3.47. The predicted octanol–water partition coefficient (Wildman–Crippen LogP) is 4.17. The van der Waals surface area contributed by atoms with Gasteiger partial charge < -0.3 is 19.8 Å². The number of aliphatic hydroxyl groups is 1. The third kappa shape index (κ3) is 4.52. The maximum absolute atomic E-state index is 14.8. The van der Waals surface area contributed by atoms with Crippen LogP contribution in [-0.4, -0.2) is 81.5 Å². The minimum atomic E-state index is -0.863. The molecule has 212 valence electrons. The molecule has 7 nitrogen and oxygen atoms in total. The number of aryl methyl sites for hydroxylation is 1. The van der Waals surface area contributed by atoms with Crippen LogP contribution in [0.5, 0.6) is 0 Å². The molecule has 1 spiro atoms. The van der Waals surface area contributed by atoms with Gasteiger partial charge in [-0.05, 0) is 36.8 Å². The van der Waals surface area contributed by atoms with Gasteiger partial charge in [0, 0.05) is 25.4 Å². The fourth-order valence-electron chi connectivity index (χ4n) is 7.07. The standard InChI is InChI=1S/C30H40ClN3O4S/c1-8-13-32(7)27(36)23-22-15-19(6)30(39-22)24(23)28(37)34(21(16-35)17(3)4)26(30)29(38)33(14-9-2)25-18(5)11-10-12-20(25)31/h8-12,17,19,21-24,26,35H,1-2,13-16H2,3-7H3/t19?,21-,22+,23-,24-,26?,30?/m0/s1. The summed E-state index contributed by atoms with van der Waals surface area (Å²) < 4.78 is -0.801. The summed E-state index contributed by atoms with van der Waals surface area (Å²) in [5.74, 6) is -1.85. The van der Waals surface area contributed by atoms with Gasteiger partial charge in [-0.3, -0.25) is 14.4 Å². The Balaban J connectivity index is 1.90. The van der Waals surface area contributed by atoms with E-state index < -0.39 is 28.7 Å². The number of carbonyl (C=O) groups excluding carboxylic acids is 3. The molecule has 0 saturated carbocycles. The van der Waals surface area contributed by atoms with E-state index in [1.807, 2.05) is 32.9 Å². The number of fused-ring (bicyclic) bond motifs is 1. The lowest BCUT2D eigenvalue weighted by Crippen LogP contribution is -2.60. The predicted molar refractivity (Wildman–Crippen MR) is 158 cm³/mol. The second-order valence-corrected chi connectivity index (χ2v) is 13.4. The SMILES string of the molecule is C=CCN(C)C(=O)[C@@H]1[C@H]2C(=O)N([C@@H](CO)C(C)C)C(C(=O)N(CC=C)c3c(C)cccc3Cl)C23S[C@@H]1CC3C. The Morgan fingerprint density at radius 1 is 1.26 bits per heavy atom. The molecule has 0 aromatic heterocycles. The minimum Gasteiger partial charge on any atom is -0.394 e. The van der Waals surface area contributed by atoms with Gasteiger partial charge >= 0.3 is 0 Å². The number of hydrogen-bond donors (Lipinski definition) is 1. The van der Waals surface area contributed by atoms with E-state index in [-0.39, 0.29) is 48.0 Å². The molecular weight excluding hydrogens is 534 g/mol. The van der Waals surface area contributed by atoms with Crippen LogP contribution in [0.15, 0.2) is 43.5 Å². The third-order valence-electron chi connectivity index (χ3n) is 8.83. The van der Waals surface area contributed by atoms with Gasteiger partial charge in [-0.15, -0.1) is 24.9 Å². The van der Waals surface area contributed by atoms with Gasteiger partial charge in [-0.2, -0.15) is 0 Å². The van der Waals surface area contributed by atoms with E-state index in [0.29, 0.717) is 17.3 Å². The summed E-state index contributed by atoms with van der Waals surface area (Å²) in [4.78, 5) is 47.9. The zero-order valence-corrected chi connectivity index (χ0v) is 25.0. The smallest absolute Gasteiger partial charge is 0.251 e. The second-order valence-electron chi connectivity index (χ2n) is 11.4. The van der Waals surface area contributed by atoms with E-state index in [0.717, 1.165) is 12.0 Å². The highest BCUT2D eigenvalue weighted by atomic mass is 35.5. The summed E-state index contributed by atoms with van der Waals surface area (Å²) in [6.07, 6.45) is 4.07. The second kappa shape index (κ2) is 11.3. The van der Waals surface area contributed by atoms with Crippen molar-refractivity contribution in [3.8, 4) is 0 Å². The average molecular weight is 574 g/mol. The van der Waals surface area contributed by atoms with Gasteiger partial charge in [-0.25, -0.2) is 0 Å². The van der Waals surface area contributed by atoms with Crippen molar-refractivity contribution in [1.29, 1.82) is 0 Å². The van der Waals surface area contributed by atoms with Gasteiger partial charge in [0.2, 0.25) is 11.8 Å². The number of rotatable bonds is 10. The van der Waals surface area contributed by atoms with Gasteiger partial charge in [0.25, 0.3) is 5.91 Å². The van der Waals surface area contributed by atoms with Crippen LogP contribution in [0.3, 0.4) is 0 Å². The van der Waals surface area contributed by atoms with Crippen LogP contribution in [0.25, 0.3) is 0 Å². The molecule has 0 aliphatic carbocycles. The van der Waals surface area contributed by atoms with Crippen LogP contribution in [0.4, 0.5) is 5.69 Å². The first-order valence-corrected chi connectivity index (χ1v) is 14.9. The first-order valence-electron chi connectivity index (χ1n) is 13.6. The fraction of sp³-hybridized carbons (Fsp3) is 0.567. The molecule has 3 saturated heterocycles. The Morgan fingerprint density at radius 3 is 2.49 bits per heavy atom. The van der Waals surface area contributed by atoms with E-state index >= 15 is 0 Å². The van der Waals surface area contributed by atoms with Crippen molar-refractivity contribution in [2.45, 2.75) is 56.2 Å². The van der Waals surface area contributed by atoms with Crippen LogP contribution in [0.1, 0.15) is 32.8 Å². The van der Waals surface area contributed by atoms with E-state index in [1.165, 1.54) is 0 Å². The molecule has 3 fully saturated rings. The van der Waals surface area contributed by atoms with Gasteiger partial charge in [-0.1, -0.05) is 56.7 Å². The number of benzene rings is 1. The van der Waals surface area contributed by atoms with Crippen molar-refractivity contribution < 1.29 is 19.5 Å². The number of nitrogens with zero attached hydrogens (tertiary/aromatic N) is 3. The normalized spacial score (nSPS) is 29.9. The molecule has 39 heavy (non-hydrogen) atoms. The Morgan fingerprint density at radius 2 is 1.92 bits per heavy atom. The molecule has 3 aliphatic heterocycles. The summed E-state index contributed by atoms with van der Waals surface area (Å²) in [6, 6.07) is 4.05. The number of likely N-dealkylation sites (N-methyl/N-ethyl adjacent to an activating group) is 1. The van der Waals surface area contributed by atoms with E-state index in [4.69, 9.17) is 11.6 Å². The molecular formula is C30H40ClN3O4S. The topological polar surface area (TPSA) is 81.2 Å². The van der Waals surface area contributed by atoms with Crippen molar-refractivity contribution in [3.63, 3.8) is 0 Å². The molecule has 1 aromatic rings. The molecule has 1 aromatic carbocycles. The number of amides is 3. The van der Waals surface area contributed by atoms with Gasteiger partial charge in [0.05, 0.1) is 39.9 Å². The molecule has 9 heteroatoms. The molecule has 3 heterocycles. The molecule has 4 rings (SSSR count). The molecule has 3 amide bonds. The Hall–Kier alpha value is -2.29. The number of thioether (sulfide) groups is 1.